The lowest BCUT2D eigenvalue weighted by molar-refractivity contribution is -0.116. The van der Waals surface area contributed by atoms with E-state index < -0.39 is 0 Å². The molecule has 1 N–H and O–H groups in total. The van der Waals surface area contributed by atoms with E-state index in [1.54, 1.807) is 17.9 Å². The van der Waals surface area contributed by atoms with E-state index in [0.29, 0.717) is 18.8 Å². The molecule has 5 nitrogen and oxygen atoms in total. The highest BCUT2D eigenvalue weighted by atomic mass is 16.2. The molecule has 1 atom stereocenters. The highest BCUT2D eigenvalue weighted by Crippen LogP contribution is 2.16. The number of aromatic nitrogens is 1. The lowest BCUT2D eigenvalue weighted by atomic mass is 10.2. The first kappa shape index (κ1) is 15.0. The molecule has 0 saturated carbocycles. The summed E-state index contributed by atoms with van der Waals surface area (Å²) in [6.45, 7) is 2.72. The summed E-state index contributed by atoms with van der Waals surface area (Å²) in [6, 6.07) is 11.3. The predicted molar refractivity (Wildman–Crippen MR) is 87.6 cm³/mol. The van der Waals surface area contributed by atoms with Gasteiger partial charge < -0.3 is 10.2 Å². The first-order valence-corrected chi connectivity index (χ1v) is 7.55. The number of benzene rings is 1. The number of pyridine rings is 1. The molecule has 5 heteroatoms. The maximum Gasteiger partial charge on any atom is 0.296 e. The molecule has 0 radical (unpaired) electrons. The summed E-state index contributed by atoms with van der Waals surface area (Å²) < 4.78 is 0. The third kappa shape index (κ3) is 3.32. The van der Waals surface area contributed by atoms with E-state index in [0.717, 1.165) is 17.3 Å². The SMILES string of the molecule is CC#CC(=O)NC1CCN(C(=O)c2ccc3ccccc3n2)C1. The van der Waals surface area contributed by atoms with Crippen molar-refractivity contribution in [2.75, 3.05) is 13.1 Å². The Labute approximate surface area is 134 Å². The van der Waals surface area contributed by atoms with E-state index >= 15 is 0 Å². The lowest BCUT2D eigenvalue weighted by Gasteiger charge is -2.16. The fourth-order valence-electron chi connectivity index (χ4n) is 2.74. The Bertz CT molecular complexity index is 820. The highest BCUT2D eigenvalue weighted by Gasteiger charge is 2.28. The number of likely N-dealkylation sites (tertiary alicyclic amines) is 1. The summed E-state index contributed by atoms with van der Waals surface area (Å²) in [5.74, 6) is 4.62. The quantitative estimate of drug-likeness (QED) is 0.857. The number of hydrogen-bond donors (Lipinski definition) is 1. The van der Waals surface area contributed by atoms with Crippen molar-refractivity contribution in [1.82, 2.24) is 15.2 Å². The molecule has 2 heterocycles. The molecule has 1 aliphatic rings. The van der Waals surface area contributed by atoms with Gasteiger partial charge in [0.25, 0.3) is 11.8 Å². The van der Waals surface area contributed by atoms with Crippen LogP contribution in [-0.4, -0.2) is 40.8 Å². The van der Waals surface area contributed by atoms with Crippen LogP contribution in [0, 0.1) is 11.8 Å². The fourth-order valence-corrected chi connectivity index (χ4v) is 2.74. The Hall–Kier alpha value is -2.87. The topological polar surface area (TPSA) is 62.3 Å². The molecule has 23 heavy (non-hydrogen) atoms. The molecule has 2 aromatic rings. The van der Waals surface area contributed by atoms with Crippen LogP contribution in [0.2, 0.25) is 0 Å². The second kappa shape index (κ2) is 6.49. The minimum Gasteiger partial charge on any atom is -0.341 e. The van der Waals surface area contributed by atoms with Crippen LogP contribution in [0.3, 0.4) is 0 Å². The van der Waals surface area contributed by atoms with Gasteiger partial charge in [-0.2, -0.15) is 0 Å². The third-order valence-electron chi connectivity index (χ3n) is 3.87. The van der Waals surface area contributed by atoms with E-state index in [2.05, 4.69) is 22.1 Å². The standard InChI is InChI=1S/C18H17N3O2/c1-2-5-17(22)19-14-10-11-21(12-14)18(23)16-9-8-13-6-3-4-7-15(13)20-16/h3-4,6-9,14H,10-12H2,1H3,(H,19,22). The number of amides is 2. The number of fused-ring (bicyclic) bond motifs is 1. The van der Waals surface area contributed by atoms with Crippen molar-refractivity contribution in [3.63, 3.8) is 0 Å². The van der Waals surface area contributed by atoms with Crippen molar-refractivity contribution in [2.45, 2.75) is 19.4 Å². The van der Waals surface area contributed by atoms with Crippen LogP contribution in [-0.2, 0) is 4.79 Å². The largest absolute Gasteiger partial charge is 0.341 e. The molecular formula is C18H17N3O2. The molecule has 1 aromatic carbocycles. The third-order valence-corrected chi connectivity index (χ3v) is 3.87. The molecule has 2 amide bonds. The zero-order valence-electron chi connectivity index (χ0n) is 12.9. The summed E-state index contributed by atoms with van der Waals surface area (Å²) in [6.07, 6.45) is 0.733. The predicted octanol–water partition coefficient (Wildman–Crippen LogP) is 1.59. The van der Waals surface area contributed by atoms with E-state index in [-0.39, 0.29) is 17.9 Å². The Kier molecular flexibility index (Phi) is 4.24. The highest BCUT2D eigenvalue weighted by molar-refractivity contribution is 5.95. The normalized spacial score (nSPS) is 16.7. The van der Waals surface area contributed by atoms with Gasteiger partial charge in [-0.3, -0.25) is 9.59 Å². The number of carbonyl (C=O) groups is 2. The number of para-hydroxylation sites is 1. The summed E-state index contributed by atoms with van der Waals surface area (Å²) in [5.41, 5.74) is 1.24. The van der Waals surface area contributed by atoms with Crippen molar-refractivity contribution < 1.29 is 9.59 Å². The average molecular weight is 307 g/mol. The molecule has 1 unspecified atom stereocenters. The maximum absolute atomic E-state index is 12.6. The minimum atomic E-state index is -0.296. The molecule has 3 rings (SSSR count). The van der Waals surface area contributed by atoms with Gasteiger partial charge in [0.1, 0.15) is 5.69 Å². The Morgan fingerprint density at radius 3 is 2.91 bits per heavy atom. The monoisotopic (exact) mass is 307 g/mol. The Morgan fingerprint density at radius 1 is 1.26 bits per heavy atom. The number of hydrogen-bond acceptors (Lipinski definition) is 3. The van der Waals surface area contributed by atoms with Crippen molar-refractivity contribution in [3.05, 3.63) is 42.1 Å². The van der Waals surface area contributed by atoms with Crippen LogP contribution in [0.15, 0.2) is 36.4 Å². The molecule has 0 aliphatic carbocycles. The van der Waals surface area contributed by atoms with Crippen LogP contribution < -0.4 is 5.32 Å². The van der Waals surface area contributed by atoms with Crippen LogP contribution in [0.25, 0.3) is 10.9 Å². The molecule has 1 saturated heterocycles. The molecule has 1 aromatic heterocycles. The summed E-state index contributed by atoms with van der Waals surface area (Å²) in [4.78, 5) is 30.2. The van der Waals surface area contributed by atoms with Gasteiger partial charge in [-0.05, 0) is 31.4 Å². The van der Waals surface area contributed by atoms with E-state index in [1.807, 2.05) is 30.3 Å². The van der Waals surface area contributed by atoms with Gasteiger partial charge in [-0.15, -0.1) is 0 Å². The molecule has 0 bridgehead atoms. The first-order chi connectivity index (χ1) is 11.2. The molecule has 1 aliphatic heterocycles. The number of carbonyl (C=O) groups excluding carboxylic acids is 2. The maximum atomic E-state index is 12.6. The minimum absolute atomic E-state index is 0.0484. The number of nitrogens with one attached hydrogen (secondary N) is 1. The summed E-state index contributed by atoms with van der Waals surface area (Å²) in [7, 11) is 0. The molecule has 0 spiro atoms. The first-order valence-electron chi connectivity index (χ1n) is 7.55. The van der Waals surface area contributed by atoms with Gasteiger partial charge in [0.05, 0.1) is 5.52 Å². The number of rotatable bonds is 2. The smallest absolute Gasteiger partial charge is 0.296 e. The Balaban J connectivity index is 1.70. The van der Waals surface area contributed by atoms with E-state index in [9.17, 15) is 9.59 Å². The van der Waals surface area contributed by atoms with Gasteiger partial charge in [0.15, 0.2) is 0 Å². The molecular weight excluding hydrogens is 290 g/mol. The van der Waals surface area contributed by atoms with Crippen molar-refractivity contribution in [2.24, 2.45) is 0 Å². The summed E-state index contributed by atoms with van der Waals surface area (Å²) >= 11 is 0. The van der Waals surface area contributed by atoms with Gasteiger partial charge in [0.2, 0.25) is 0 Å². The second-order valence-corrected chi connectivity index (χ2v) is 5.47. The van der Waals surface area contributed by atoms with Crippen LogP contribution in [0.5, 0.6) is 0 Å². The zero-order valence-corrected chi connectivity index (χ0v) is 12.9. The lowest BCUT2D eigenvalue weighted by Crippen LogP contribution is -2.38. The van der Waals surface area contributed by atoms with Gasteiger partial charge in [-0.1, -0.05) is 30.2 Å². The van der Waals surface area contributed by atoms with Crippen molar-refractivity contribution in [3.8, 4) is 11.8 Å². The zero-order chi connectivity index (χ0) is 16.2. The van der Waals surface area contributed by atoms with Gasteiger partial charge >= 0.3 is 0 Å². The fraction of sp³-hybridized carbons (Fsp3) is 0.278. The van der Waals surface area contributed by atoms with Crippen molar-refractivity contribution in [1.29, 1.82) is 0 Å². The van der Waals surface area contributed by atoms with Crippen LogP contribution in [0.1, 0.15) is 23.8 Å². The van der Waals surface area contributed by atoms with Crippen molar-refractivity contribution >= 4 is 22.7 Å². The van der Waals surface area contributed by atoms with Gasteiger partial charge in [0, 0.05) is 24.5 Å². The van der Waals surface area contributed by atoms with Crippen LogP contribution in [0.4, 0.5) is 0 Å². The van der Waals surface area contributed by atoms with Gasteiger partial charge in [-0.25, -0.2) is 4.98 Å². The molecule has 1 fully saturated rings. The van der Waals surface area contributed by atoms with E-state index in [4.69, 9.17) is 0 Å². The van der Waals surface area contributed by atoms with E-state index in [1.165, 1.54) is 0 Å². The molecule has 116 valence electrons. The summed E-state index contributed by atoms with van der Waals surface area (Å²) in [5, 5.41) is 3.83. The second-order valence-electron chi connectivity index (χ2n) is 5.47. The number of nitrogens with zero attached hydrogens (tertiary/aromatic N) is 2. The average Bonchev–Trinajstić information content (AvgIpc) is 3.02. The Morgan fingerprint density at radius 2 is 2.09 bits per heavy atom. The van der Waals surface area contributed by atoms with Crippen LogP contribution >= 0.6 is 0 Å².